The molecule has 4 heteroatoms. The quantitative estimate of drug-likeness (QED) is 0.838. The molecule has 1 rings (SSSR count). The van der Waals surface area contributed by atoms with Gasteiger partial charge in [0.25, 0.3) is 6.43 Å². The molecule has 1 aromatic rings. The topological polar surface area (TPSA) is 29.5 Å². The van der Waals surface area contributed by atoms with Crippen LogP contribution >= 0.6 is 0 Å². The maximum absolute atomic E-state index is 12.3. The summed E-state index contributed by atoms with van der Waals surface area (Å²) in [5.41, 5.74) is 0.126. The minimum Gasteiger partial charge on any atom is -0.491 e. The molecule has 84 valence electrons. The van der Waals surface area contributed by atoms with E-state index in [1.807, 2.05) is 0 Å². The zero-order chi connectivity index (χ0) is 11.4. The van der Waals surface area contributed by atoms with Crippen LogP contribution in [0.2, 0.25) is 0 Å². The van der Waals surface area contributed by atoms with Crippen LogP contribution in [-0.4, -0.2) is 17.6 Å². The van der Waals surface area contributed by atoms with E-state index in [4.69, 9.17) is 4.74 Å². The van der Waals surface area contributed by atoms with E-state index >= 15 is 0 Å². The third-order valence-corrected chi connectivity index (χ3v) is 1.84. The van der Waals surface area contributed by atoms with Crippen molar-refractivity contribution in [1.82, 2.24) is 0 Å². The van der Waals surface area contributed by atoms with Crippen LogP contribution in [0.25, 0.3) is 0 Å². The number of hydrogen-bond donors (Lipinski definition) is 1. The maximum atomic E-state index is 12.3. The first-order valence-corrected chi connectivity index (χ1v) is 4.74. The Kier molecular flexibility index (Phi) is 4.03. The van der Waals surface area contributed by atoms with Gasteiger partial charge in [-0.25, -0.2) is 8.78 Å². The predicted octanol–water partition coefficient (Wildman–Crippen LogP) is 2.77. The predicted molar refractivity (Wildman–Crippen MR) is 53.2 cm³/mol. The smallest absolute Gasteiger partial charge is 0.268 e. The Balaban J connectivity index is 2.95. The molecule has 0 heterocycles. The van der Waals surface area contributed by atoms with Gasteiger partial charge in [0.05, 0.1) is 6.10 Å². The van der Waals surface area contributed by atoms with E-state index in [-0.39, 0.29) is 11.7 Å². The van der Waals surface area contributed by atoms with E-state index in [1.165, 1.54) is 6.07 Å². The fourth-order valence-corrected chi connectivity index (χ4v) is 1.22. The van der Waals surface area contributed by atoms with Gasteiger partial charge in [-0.05, 0) is 19.9 Å². The van der Waals surface area contributed by atoms with Gasteiger partial charge >= 0.3 is 0 Å². The number of benzene rings is 1. The van der Waals surface area contributed by atoms with Crippen molar-refractivity contribution in [2.75, 3.05) is 0 Å². The second kappa shape index (κ2) is 5.07. The molecule has 0 fully saturated rings. The number of ether oxygens (including phenoxy) is 1. The number of hydrogen-bond acceptors (Lipinski definition) is 2. The Morgan fingerprint density at radius 1 is 1.20 bits per heavy atom. The highest BCUT2D eigenvalue weighted by Gasteiger charge is 2.22. The average molecular weight is 216 g/mol. The van der Waals surface area contributed by atoms with Crippen LogP contribution in [0.4, 0.5) is 8.78 Å². The zero-order valence-corrected chi connectivity index (χ0v) is 8.65. The summed E-state index contributed by atoms with van der Waals surface area (Å²) >= 11 is 0. The lowest BCUT2D eigenvalue weighted by Gasteiger charge is -2.17. The summed E-state index contributed by atoms with van der Waals surface area (Å²) in [5, 5.41) is 9.26. The van der Waals surface area contributed by atoms with E-state index in [9.17, 15) is 13.9 Å². The highest BCUT2D eigenvalue weighted by atomic mass is 19.3. The molecular formula is C11H14F2O2. The summed E-state index contributed by atoms with van der Waals surface area (Å²) in [5.74, 6) is 0.306. The number of para-hydroxylation sites is 1. The van der Waals surface area contributed by atoms with Crippen molar-refractivity contribution in [3.8, 4) is 5.75 Å². The van der Waals surface area contributed by atoms with Gasteiger partial charge in [-0.2, -0.15) is 0 Å². The summed E-state index contributed by atoms with van der Waals surface area (Å²) < 4.78 is 30.0. The molecule has 0 aliphatic rings. The first kappa shape index (κ1) is 11.9. The van der Waals surface area contributed by atoms with Crippen LogP contribution in [0.1, 0.15) is 25.5 Å². The van der Waals surface area contributed by atoms with Crippen LogP contribution in [-0.2, 0) is 0 Å². The molecule has 1 N–H and O–H groups in total. The van der Waals surface area contributed by atoms with Gasteiger partial charge in [-0.15, -0.1) is 0 Å². The molecule has 0 radical (unpaired) electrons. The van der Waals surface area contributed by atoms with Gasteiger partial charge in [-0.3, -0.25) is 0 Å². The highest BCUT2D eigenvalue weighted by Crippen LogP contribution is 2.29. The largest absolute Gasteiger partial charge is 0.491 e. The Bertz CT molecular complexity index is 313. The molecule has 0 aliphatic heterocycles. The van der Waals surface area contributed by atoms with E-state index in [2.05, 4.69) is 0 Å². The number of alkyl halides is 2. The molecular weight excluding hydrogens is 202 g/mol. The van der Waals surface area contributed by atoms with Gasteiger partial charge in [-0.1, -0.05) is 18.2 Å². The Morgan fingerprint density at radius 3 is 2.33 bits per heavy atom. The second-order valence-corrected chi connectivity index (χ2v) is 3.48. The molecule has 0 spiro atoms. The van der Waals surface area contributed by atoms with E-state index in [0.29, 0.717) is 5.75 Å². The molecule has 1 unspecified atom stereocenters. The number of halogens is 2. The van der Waals surface area contributed by atoms with Crippen molar-refractivity contribution in [1.29, 1.82) is 0 Å². The molecule has 15 heavy (non-hydrogen) atoms. The van der Waals surface area contributed by atoms with Gasteiger partial charge < -0.3 is 9.84 Å². The van der Waals surface area contributed by atoms with Gasteiger partial charge in [0.1, 0.15) is 11.9 Å². The Morgan fingerprint density at radius 2 is 1.80 bits per heavy atom. The number of aliphatic hydroxyl groups excluding tert-OH is 1. The third-order valence-electron chi connectivity index (χ3n) is 1.84. The summed E-state index contributed by atoms with van der Waals surface area (Å²) in [7, 11) is 0. The van der Waals surface area contributed by atoms with E-state index < -0.39 is 12.5 Å². The minimum atomic E-state index is -2.80. The summed E-state index contributed by atoms with van der Waals surface area (Å²) in [6.07, 6.45) is -4.71. The second-order valence-electron chi connectivity index (χ2n) is 3.48. The van der Waals surface area contributed by atoms with E-state index in [1.54, 1.807) is 32.0 Å². The lowest BCUT2D eigenvalue weighted by Crippen LogP contribution is -2.13. The van der Waals surface area contributed by atoms with E-state index in [0.717, 1.165) is 0 Å². The van der Waals surface area contributed by atoms with Crippen molar-refractivity contribution in [3.63, 3.8) is 0 Å². The third kappa shape index (κ3) is 3.16. The zero-order valence-electron chi connectivity index (χ0n) is 8.65. The number of aliphatic hydroxyl groups is 1. The molecule has 0 saturated heterocycles. The molecule has 1 atom stereocenters. The minimum absolute atomic E-state index is 0.115. The first-order chi connectivity index (χ1) is 7.02. The van der Waals surface area contributed by atoms with Gasteiger partial charge in [0.2, 0.25) is 0 Å². The Hall–Kier alpha value is -1.16. The molecule has 2 nitrogen and oxygen atoms in total. The van der Waals surface area contributed by atoms with Crippen LogP contribution in [0.15, 0.2) is 24.3 Å². The molecule has 0 aromatic heterocycles. The van der Waals surface area contributed by atoms with Crippen molar-refractivity contribution < 1.29 is 18.6 Å². The van der Waals surface area contributed by atoms with Crippen molar-refractivity contribution >= 4 is 0 Å². The van der Waals surface area contributed by atoms with Crippen molar-refractivity contribution in [2.24, 2.45) is 0 Å². The van der Waals surface area contributed by atoms with Crippen LogP contribution in [0.5, 0.6) is 5.75 Å². The van der Waals surface area contributed by atoms with Crippen molar-refractivity contribution in [2.45, 2.75) is 32.5 Å². The Labute approximate surface area is 87.5 Å². The number of rotatable bonds is 4. The fourth-order valence-electron chi connectivity index (χ4n) is 1.22. The normalized spacial score (nSPS) is 13.3. The first-order valence-electron chi connectivity index (χ1n) is 4.74. The molecule has 0 amide bonds. The highest BCUT2D eigenvalue weighted by molar-refractivity contribution is 5.35. The maximum Gasteiger partial charge on any atom is 0.268 e. The van der Waals surface area contributed by atoms with Gasteiger partial charge in [0.15, 0.2) is 0 Å². The monoisotopic (exact) mass is 216 g/mol. The van der Waals surface area contributed by atoms with Crippen molar-refractivity contribution in [3.05, 3.63) is 29.8 Å². The van der Waals surface area contributed by atoms with Crippen LogP contribution < -0.4 is 4.74 Å². The standard InChI is InChI=1S/C11H14F2O2/c1-7(2)15-9-6-4-3-5-8(9)10(14)11(12)13/h3-7,10-11,14H,1-2H3. The van der Waals surface area contributed by atoms with Gasteiger partial charge in [0, 0.05) is 5.56 Å². The fraction of sp³-hybridized carbons (Fsp3) is 0.455. The summed E-state index contributed by atoms with van der Waals surface area (Å²) in [6, 6.07) is 6.28. The average Bonchev–Trinajstić information content (AvgIpc) is 2.16. The molecule has 1 aromatic carbocycles. The lowest BCUT2D eigenvalue weighted by atomic mass is 10.1. The summed E-state index contributed by atoms with van der Waals surface area (Å²) in [6.45, 7) is 3.59. The van der Waals surface area contributed by atoms with Crippen LogP contribution in [0, 0.1) is 0 Å². The summed E-state index contributed by atoms with van der Waals surface area (Å²) in [4.78, 5) is 0. The molecule has 0 saturated carbocycles. The lowest BCUT2D eigenvalue weighted by molar-refractivity contribution is -0.00768. The van der Waals surface area contributed by atoms with Crippen LogP contribution in [0.3, 0.4) is 0 Å². The molecule has 0 bridgehead atoms. The SMILES string of the molecule is CC(C)Oc1ccccc1C(O)C(F)F. The molecule has 0 aliphatic carbocycles.